The minimum Gasteiger partial charge on any atom is -0.335 e. The first-order valence-corrected chi connectivity index (χ1v) is 6.40. The zero-order chi connectivity index (χ0) is 13.2. The molecule has 1 aliphatic rings. The predicted octanol–water partition coefficient (Wildman–Crippen LogP) is 2.17. The summed E-state index contributed by atoms with van der Waals surface area (Å²) in [6.45, 7) is 3.24. The molecule has 1 fully saturated rings. The van der Waals surface area contributed by atoms with E-state index in [1.54, 1.807) is 4.90 Å². The SMILES string of the molecule is Cc1cccc(-c2nc(CN3CCCC3=O)no2)c1. The van der Waals surface area contributed by atoms with E-state index in [-0.39, 0.29) is 5.91 Å². The van der Waals surface area contributed by atoms with E-state index in [2.05, 4.69) is 10.1 Å². The van der Waals surface area contributed by atoms with E-state index in [4.69, 9.17) is 4.52 Å². The topological polar surface area (TPSA) is 59.2 Å². The van der Waals surface area contributed by atoms with E-state index < -0.39 is 0 Å². The summed E-state index contributed by atoms with van der Waals surface area (Å²) in [5.41, 5.74) is 2.05. The van der Waals surface area contributed by atoms with Crippen LogP contribution in [0.15, 0.2) is 28.8 Å². The van der Waals surface area contributed by atoms with Gasteiger partial charge < -0.3 is 9.42 Å². The Morgan fingerprint density at radius 2 is 2.32 bits per heavy atom. The number of likely N-dealkylation sites (tertiary alicyclic amines) is 1. The van der Waals surface area contributed by atoms with Gasteiger partial charge in [-0.25, -0.2) is 0 Å². The van der Waals surface area contributed by atoms with E-state index in [1.165, 1.54) is 0 Å². The van der Waals surface area contributed by atoms with Crippen molar-refractivity contribution in [3.63, 3.8) is 0 Å². The van der Waals surface area contributed by atoms with Crippen LogP contribution in [0.5, 0.6) is 0 Å². The van der Waals surface area contributed by atoms with E-state index in [9.17, 15) is 4.79 Å². The Balaban J connectivity index is 1.78. The van der Waals surface area contributed by atoms with Gasteiger partial charge in [0.25, 0.3) is 5.89 Å². The number of aryl methyl sites for hydroxylation is 1. The second kappa shape index (κ2) is 4.84. The fraction of sp³-hybridized carbons (Fsp3) is 0.357. The maximum absolute atomic E-state index is 11.5. The molecule has 5 heteroatoms. The highest BCUT2D eigenvalue weighted by atomic mass is 16.5. The number of carbonyl (C=O) groups is 1. The maximum atomic E-state index is 11.5. The van der Waals surface area contributed by atoms with Gasteiger partial charge in [-0.2, -0.15) is 4.98 Å². The molecule has 0 saturated carbocycles. The van der Waals surface area contributed by atoms with Gasteiger partial charge in [0.05, 0.1) is 6.54 Å². The Morgan fingerprint density at radius 1 is 1.42 bits per heavy atom. The van der Waals surface area contributed by atoms with Gasteiger partial charge in [-0.05, 0) is 25.5 Å². The van der Waals surface area contributed by atoms with E-state index in [0.717, 1.165) is 24.1 Å². The molecule has 5 nitrogen and oxygen atoms in total. The summed E-state index contributed by atoms with van der Waals surface area (Å²) in [6.07, 6.45) is 1.55. The smallest absolute Gasteiger partial charge is 0.257 e. The summed E-state index contributed by atoms with van der Waals surface area (Å²) in [5.74, 6) is 1.24. The van der Waals surface area contributed by atoms with Crippen LogP contribution in [-0.4, -0.2) is 27.5 Å². The molecule has 19 heavy (non-hydrogen) atoms. The number of aromatic nitrogens is 2. The van der Waals surface area contributed by atoms with Gasteiger partial charge in [-0.3, -0.25) is 4.79 Å². The summed E-state index contributed by atoms with van der Waals surface area (Å²) in [6, 6.07) is 7.91. The quantitative estimate of drug-likeness (QED) is 0.845. The number of rotatable bonds is 3. The van der Waals surface area contributed by atoms with Crippen molar-refractivity contribution in [2.75, 3.05) is 6.54 Å². The van der Waals surface area contributed by atoms with Crippen LogP contribution in [0.25, 0.3) is 11.5 Å². The van der Waals surface area contributed by atoms with Crippen LogP contribution in [0.3, 0.4) is 0 Å². The van der Waals surface area contributed by atoms with E-state index >= 15 is 0 Å². The van der Waals surface area contributed by atoms with Gasteiger partial charge in [0.2, 0.25) is 5.91 Å². The molecule has 2 aromatic rings. The molecular weight excluding hydrogens is 242 g/mol. The summed E-state index contributed by atoms with van der Waals surface area (Å²) >= 11 is 0. The molecule has 1 aromatic carbocycles. The van der Waals surface area contributed by atoms with Crippen molar-refractivity contribution in [1.29, 1.82) is 0 Å². The van der Waals surface area contributed by atoms with Gasteiger partial charge >= 0.3 is 0 Å². The highest BCUT2D eigenvalue weighted by Gasteiger charge is 2.22. The van der Waals surface area contributed by atoms with Crippen molar-refractivity contribution in [1.82, 2.24) is 15.0 Å². The number of nitrogens with zero attached hydrogens (tertiary/aromatic N) is 3. The molecule has 0 spiro atoms. The van der Waals surface area contributed by atoms with Crippen LogP contribution in [-0.2, 0) is 11.3 Å². The minimum atomic E-state index is 0.168. The van der Waals surface area contributed by atoms with Crippen LogP contribution in [0, 0.1) is 6.92 Å². The number of hydrogen-bond donors (Lipinski definition) is 0. The third-order valence-corrected chi connectivity index (χ3v) is 3.24. The first kappa shape index (κ1) is 11.9. The highest BCUT2D eigenvalue weighted by molar-refractivity contribution is 5.77. The standard InChI is InChI=1S/C14H15N3O2/c1-10-4-2-5-11(8-10)14-15-12(16-19-14)9-17-7-3-6-13(17)18/h2,4-5,8H,3,6-7,9H2,1H3. The minimum absolute atomic E-state index is 0.168. The molecule has 0 aliphatic carbocycles. The Labute approximate surface area is 111 Å². The van der Waals surface area contributed by atoms with Gasteiger partial charge in [0.1, 0.15) is 0 Å². The number of hydrogen-bond acceptors (Lipinski definition) is 4. The lowest BCUT2D eigenvalue weighted by Crippen LogP contribution is -2.24. The number of benzene rings is 1. The largest absolute Gasteiger partial charge is 0.335 e. The Bertz CT molecular complexity index is 606. The molecule has 2 heterocycles. The van der Waals surface area contributed by atoms with Crippen molar-refractivity contribution in [2.45, 2.75) is 26.3 Å². The summed E-state index contributed by atoms with van der Waals surface area (Å²) < 4.78 is 5.25. The predicted molar refractivity (Wildman–Crippen MR) is 69.1 cm³/mol. The molecule has 98 valence electrons. The summed E-state index contributed by atoms with van der Waals surface area (Å²) in [7, 11) is 0. The van der Waals surface area contributed by atoms with Crippen molar-refractivity contribution < 1.29 is 9.32 Å². The van der Waals surface area contributed by atoms with Gasteiger partial charge in [0.15, 0.2) is 5.82 Å². The van der Waals surface area contributed by atoms with Crippen LogP contribution in [0.2, 0.25) is 0 Å². The first-order valence-electron chi connectivity index (χ1n) is 6.40. The molecule has 1 aromatic heterocycles. The maximum Gasteiger partial charge on any atom is 0.257 e. The van der Waals surface area contributed by atoms with Crippen molar-refractivity contribution in [3.8, 4) is 11.5 Å². The molecule has 1 saturated heterocycles. The average Bonchev–Trinajstić information content (AvgIpc) is 3.00. The molecule has 0 N–H and O–H groups in total. The van der Waals surface area contributed by atoms with Crippen LogP contribution in [0.4, 0.5) is 0 Å². The Hall–Kier alpha value is -2.17. The Kier molecular flexibility index (Phi) is 3.03. The van der Waals surface area contributed by atoms with Crippen LogP contribution in [0.1, 0.15) is 24.2 Å². The lowest BCUT2D eigenvalue weighted by Gasteiger charge is -2.11. The fourth-order valence-corrected chi connectivity index (χ4v) is 2.26. The molecule has 0 bridgehead atoms. The monoisotopic (exact) mass is 257 g/mol. The zero-order valence-electron chi connectivity index (χ0n) is 10.8. The molecule has 3 rings (SSSR count). The molecule has 1 aliphatic heterocycles. The second-order valence-electron chi connectivity index (χ2n) is 4.80. The molecule has 0 atom stereocenters. The molecule has 1 amide bonds. The summed E-state index contributed by atoms with van der Waals surface area (Å²) in [5, 5.41) is 3.94. The van der Waals surface area contributed by atoms with E-state index in [1.807, 2.05) is 31.2 Å². The lowest BCUT2D eigenvalue weighted by molar-refractivity contribution is -0.128. The fourth-order valence-electron chi connectivity index (χ4n) is 2.26. The van der Waals surface area contributed by atoms with Crippen LogP contribution >= 0.6 is 0 Å². The van der Waals surface area contributed by atoms with Crippen molar-refractivity contribution in [3.05, 3.63) is 35.7 Å². The third kappa shape index (κ3) is 2.50. The van der Waals surface area contributed by atoms with Gasteiger partial charge in [-0.1, -0.05) is 22.9 Å². The summed E-state index contributed by atoms with van der Waals surface area (Å²) in [4.78, 5) is 17.7. The number of carbonyl (C=O) groups excluding carboxylic acids is 1. The normalized spacial score (nSPS) is 15.2. The van der Waals surface area contributed by atoms with Crippen molar-refractivity contribution >= 4 is 5.91 Å². The zero-order valence-corrected chi connectivity index (χ0v) is 10.8. The average molecular weight is 257 g/mol. The second-order valence-corrected chi connectivity index (χ2v) is 4.80. The Morgan fingerprint density at radius 3 is 3.05 bits per heavy atom. The number of amides is 1. The van der Waals surface area contributed by atoms with Gasteiger partial charge in [0, 0.05) is 18.5 Å². The molecule has 0 radical (unpaired) electrons. The van der Waals surface area contributed by atoms with E-state index in [0.29, 0.717) is 24.7 Å². The highest BCUT2D eigenvalue weighted by Crippen LogP contribution is 2.19. The first-order chi connectivity index (χ1) is 9.22. The van der Waals surface area contributed by atoms with Crippen LogP contribution < -0.4 is 0 Å². The molecular formula is C14H15N3O2. The lowest BCUT2D eigenvalue weighted by atomic mass is 10.1. The van der Waals surface area contributed by atoms with Gasteiger partial charge in [-0.15, -0.1) is 0 Å². The third-order valence-electron chi connectivity index (χ3n) is 3.24. The molecule has 0 unspecified atom stereocenters. The van der Waals surface area contributed by atoms with Crippen molar-refractivity contribution in [2.24, 2.45) is 0 Å².